The van der Waals surface area contributed by atoms with E-state index in [0.717, 1.165) is 75.7 Å². The molecule has 3 fully saturated rings. The lowest BCUT2D eigenvalue weighted by atomic mass is 9.73. The van der Waals surface area contributed by atoms with Crippen LogP contribution in [0.4, 0.5) is 5.82 Å². The minimum absolute atomic E-state index is 0.115. The Morgan fingerprint density at radius 2 is 1.85 bits per heavy atom. The van der Waals surface area contributed by atoms with Gasteiger partial charge in [-0.3, -0.25) is 10.2 Å². The lowest BCUT2D eigenvalue weighted by Gasteiger charge is -2.33. The van der Waals surface area contributed by atoms with Gasteiger partial charge in [0.15, 0.2) is 0 Å². The molecule has 1 amide bonds. The monoisotopic (exact) mass is 464 g/mol. The third-order valence-corrected chi connectivity index (χ3v) is 7.76. The second-order valence-corrected chi connectivity index (χ2v) is 9.55. The largest absolute Gasteiger partial charge is 0.378 e. The number of carbonyl (C=O) groups excluding carboxylic acids is 1. The van der Waals surface area contributed by atoms with Gasteiger partial charge in [-0.2, -0.15) is 0 Å². The molecule has 1 aliphatic carbocycles. The molecule has 3 aliphatic rings. The Morgan fingerprint density at radius 1 is 1.09 bits per heavy atom. The molecule has 2 aliphatic heterocycles. The number of nitrogens with zero attached hydrogens (tertiary/aromatic N) is 4. The Hall–Kier alpha value is -2.55. The van der Waals surface area contributed by atoms with Crippen molar-refractivity contribution in [2.75, 3.05) is 44.3 Å². The highest BCUT2D eigenvalue weighted by Crippen LogP contribution is 2.44. The molecule has 2 saturated heterocycles. The van der Waals surface area contributed by atoms with Crippen molar-refractivity contribution in [1.29, 1.82) is 0 Å². The van der Waals surface area contributed by atoms with E-state index in [0.29, 0.717) is 17.9 Å². The minimum atomic E-state index is 0.115. The van der Waals surface area contributed by atoms with Crippen LogP contribution in [0, 0.1) is 5.92 Å². The number of aromatic nitrogens is 2. The molecule has 1 aromatic carbocycles. The normalized spacial score (nSPS) is 26.8. The molecule has 1 aromatic heterocycles. The van der Waals surface area contributed by atoms with Crippen LogP contribution in [0.3, 0.4) is 0 Å². The third-order valence-electron chi connectivity index (χ3n) is 7.76. The molecule has 4 atom stereocenters. The van der Waals surface area contributed by atoms with Crippen LogP contribution in [0.1, 0.15) is 66.7 Å². The van der Waals surface area contributed by atoms with E-state index in [1.165, 1.54) is 5.56 Å². The van der Waals surface area contributed by atoms with Gasteiger partial charge in [-0.15, -0.1) is 0 Å². The van der Waals surface area contributed by atoms with Crippen LogP contribution in [-0.2, 0) is 4.74 Å². The fourth-order valence-corrected chi connectivity index (χ4v) is 5.74. The van der Waals surface area contributed by atoms with Crippen molar-refractivity contribution in [1.82, 2.24) is 25.7 Å². The number of rotatable bonds is 6. The van der Waals surface area contributed by atoms with Gasteiger partial charge in [0.25, 0.3) is 5.91 Å². The third kappa shape index (κ3) is 4.67. The second-order valence-electron chi connectivity index (χ2n) is 9.55. The summed E-state index contributed by atoms with van der Waals surface area (Å²) in [5, 5.41) is 0. The van der Waals surface area contributed by atoms with Crippen LogP contribution in [0.2, 0.25) is 0 Å². The molecule has 8 heteroatoms. The van der Waals surface area contributed by atoms with Crippen LogP contribution < -0.4 is 15.8 Å². The van der Waals surface area contributed by atoms with Gasteiger partial charge in [0.1, 0.15) is 12.1 Å². The van der Waals surface area contributed by atoms with Gasteiger partial charge in [-0.05, 0) is 62.6 Å². The molecule has 5 rings (SSSR count). The van der Waals surface area contributed by atoms with E-state index in [2.05, 4.69) is 43.9 Å². The van der Waals surface area contributed by atoms with Crippen LogP contribution in [-0.4, -0.2) is 66.2 Å². The SMILES string of the molecule is CCN(CC)C(=O)c1ccc(C2CCC3NNC(c4cc(N5CCOCC5)ncn4)C3C2)cc1. The molecule has 2 aromatic rings. The Morgan fingerprint density at radius 3 is 2.59 bits per heavy atom. The zero-order valence-electron chi connectivity index (χ0n) is 20.2. The standard InChI is InChI=1S/C26H36N6O2/c1-3-31(4-2)26(33)19-7-5-18(6-8-19)20-9-10-22-21(15-20)25(30-29-22)23-16-24(28-17-27-23)32-11-13-34-14-12-32/h5-8,16-17,20-22,25,29-30H,3-4,9-15H2,1-2H3. The molecular formula is C26H36N6O2. The number of anilines is 1. The molecule has 2 N–H and O–H groups in total. The maximum absolute atomic E-state index is 12.7. The predicted molar refractivity (Wildman–Crippen MR) is 132 cm³/mol. The van der Waals surface area contributed by atoms with Gasteiger partial charge >= 0.3 is 0 Å². The van der Waals surface area contributed by atoms with Crippen LogP contribution in [0.15, 0.2) is 36.7 Å². The van der Waals surface area contributed by atoms with Gasteiger partial charge in [0, 0.05) is 43.9 Å². The highest BCUT2D eigenvalue weighted by Gasteiger charge is 2.42. The average Bonchev–Trinajstić information content (AvgIpc) is 3.33. The lowest BCUT2D eigenvalue weighted by molar-refractivity contribution is 0.0773. The van der Waals surface area contributed by atoms with Gasteiger partial charge in [-0.25, -0.2) is 15.4 Å². The predicted octanol–water partition coefficient (Wildman–Crippen LogP) is 2.90. The van der Waals surface area contributed by atoms with Crippen molar-refractivity contribution in [3.63, 3.8) is 0 Å². The molecular weight excluding hydrogens is 428 g/mol. The summed E-state index contributed by atoms with van der Waals surface area (Å²) in [6, 6.07) is 11.1. The molecule has 1 saturated carbocycles. The number of fused-ring (bicyclic) bond motifs is 1. The molecule has 0 bridgehead atoms. The summed E-state index contributed by atoms with van der Waals surface area (Å²) in [5.74, 6) is 2.05. The van der Waals surface area contributed by atoms with E-state index < -0.39 is 0 Å². The topological polar surface area (TPSA) is 82.6 Å². The summed E-state index contributed by atoms with van der Waals surface area (Å²) in [6.45, 7) is 8.75. The fourth-order valence-electron chi connectivity index (χ4n) is 5.74. The van der Waals surface area contributed by atoms with E-state index in [-0.39, 0.29) is 11.9 Å². The average molecular weight is 465 g/mol. The van der Waals surface area contributed by atoms with E-state index in [1.807, 2.05) is 30.9 Å². The Balaban J connectivity index is 1.29. The number of amides is 1. The molecule has 34 heavy (non-hydrogen) atoms. The van der Waals surface area contributed by atoms with Crippen LogP contribution in [0.25, 0.3) is 0 Å². The molecule has 8 nitrogen and oxygen atoms in total. The highest BCUT2D eigenvalue weighted by atomic mass is 16.5. The maximum Gasteiger partial charge on any atom is 0.253 e. The van der Waals surface area contributed by atoms with E-state index in [1.54, 1.807) is 6.33 Å². The first-order valence-electron chi connectivity index (χ1n) is 12.7. The van der Waals surface area contributed by atoms with Crippen molar-refractivity contribution in [2.24, 2.45) is 5.92 Å². The summed E-state index contributed by atoms with van der Waals surface area (Å²) < 4.78 is 5.49. The number of hydrazine groups is 1. The first-order valence-corrected chi connectivity index (χ1v) is 12.7. The number of carbonyl (C=O) groups is 1. The van der Waals surface area contributed by atoms with Crippen LogP contribution >= 0.6 is 0 Å². The zero-order chi connectivity index (χ0) is 23.5. The van der Waals surface area contributed by atoms with Gasteiger partial charge < -0.3 is 14.5 Å². The Labute approximate surface area is 202 Å². The van der Waals surface area contributed by atoms with Crippen molar-refractivity contribution in [3.05, 3.63) is 53.5 Å². The molecule has 3 heterocycles. The second kappa shape index (κ2) is 10.4. The van der Waals surface area contributed by atoms with Gasteiger partial charge in [0.2, 0.25) is 0 Å². The quantitative estimate of drug-likeness (QED) is 0.680. The summed E-state index contributed by atoms with van der Waals surface area (Å²) in [5.41, 5.74) is 10.2. The molecule has 182 valence electrons. The minimum Gasteiger partial charge on any atom is -0.378 e. The zero-order valence-corrected chi connectivity index (χ0v) is 20.2. The van der Waals surface area contributed by atoms with E-state index in [4.69, 9.17) is 4.74 Å². The number of nitrogens with one attached hydrogen (secondary N) is 2. The van der Waals surface area contributed by atoms with Gasteiger partial charge in [0.05, 0.1) is 24.9 Å². The summed E-state index contributed by atoms with van der Waals surface area (Å²) >= 11 is 0. The summed E-state index contributed by atoms with van der Waals surface area (Å²) in [6.07, 6.45) is 5.06. The van der Waals surface area contributed by atoms with E-state index in [9.17, 15) is 4.79 Å². The molecule has 4 unspecified atom stereocenters. The van der Waals surface area contributed by atoms with Crippen molar-refractivity contribution in [3.8, 4) is 0 Å². The van der Waals surface area contributed by atoms with Crippen molar-refractivity contribution in [2.45, 2.75) is 51.1 Å². The summed E-state index contributed by atoms with van der Waals surface area (Å²) in [4.78, 5) is 26.0. The van der Waals surface area contributed by atoms with Crippen LogP contribution in [0.5, 0.6) is 0 Å². The van der Waals surface area contributed by atoms with Crippen molar-refractivity contribution >= 4 is 11.7 Å². The van der Waals surface area contributed by atoms with Gasteiger partial charge in [-0.1, -0.05) is 12.1 Å². The fraction of sp³-hybridized carbons (Fsp3) is 0.577. The maximum atomic E-state index is 12.7. The molecule has 0 radical (unpaired) electrons. The number of benzene rings is 1. The number of hydrogen-bond donors (Lipinski definition) is 2. The summed E-state index contributed by atoms with van der Waals surface area (Å²) in [7, 11) is 0. The number of hydrogen-bond acceptors (Lipinski definition) is 7. The highest BCUT2D eigenvalue weighted by molar-refractivity contribution is 5.94. The lowest BCUT2D eigenvalue weighted by Crippen LogP contribution is -2.37. The number of ether oxygens (including phenoxy) is 1. The number of morpholine rings is 1. The first kappa shape index (κ1) is 23.2. The first-order chi connectivity index (χ1) is 16.7. The molecule has 0 spiro atoms. The van der Waals surface area contributed by atoms with E-state index >= 15 is 0 Å². The Bertz CT molecular complexity index is 974. The van der Waals surface area contributed by atoms with Crippen molar-refractivity contribution < 1.29 is 9.53 Å². The Kier molecular flexibility index (Phi) is 7.08. The smallest absolute Gasteiger partial charge is 0.253 e.